The second-order valence-corrected chi connectivity index (χ2v) is 5.54. The summed E-state index contributed by atoms with van der Waals surface area (Å²) in [5.41, 5.74) is 1.12. The molecule has 0 aliphatic carbocycles. The van der Waals surface area contributed by atoms with Crippen LogP contribution in [0.5, 0.6) is 0 Å². The molecule has 2 rings (SSSR count). The minimum absolute atomic E-state index is 0.192. The van der Waals surface area contributed by atoms with Crippen LogP contribution in [0.15, 0.2) is 76.9 Å². The number of carboxylic acid groups (broad SMARTS) is 1. The average Bonchev–Trinajstić information content (AvgIpc) is 2.54. The first-order chi connectivity index (χ1) is 11.1. The van der Waals surface area contributed by atoms with Gasteiger partial charge in [0.2, 0.25) is 0 Å². The van der Waals surface area contributed by atoms with Crippen molar-refractivity contribution in [3.05, 3.63) is 88.0 Å². The molecule has 0 atom stereocenters. The number of aliphatic carboxylic acids is 1. The van der Waals surface area contributed by atoms with Gasteiger partial charge in [0.25, 0.3) is 5.91 Å². The highest BCUT2D eigenvalue weighted by molar-refractivity contribution is 9.10. The van der Waals surface area contributed by atoms with Crippen molar-refractivity contribution >= 4 is 33.9 Å². The molecule has 0 saturated heterocycles. The summed E-state index contributed by atoms with van der Waals surface area (Å²) < 4.78 is 0.745. The second-order valence-electron chi connectivity index (χ2n) is 4.62. The lowest BCUT2D eigenvalue weighted by Gasteiger charge is -2.05. The molecule has 2 aromatic carbocycles. The van der Waals surface area contributed by atoms with Gasteiger partial charge in [-0.2, -0.15) is 0 Å². The van der Waals surface area contributed by atoms with Crippen molar-refractivity contribution in [3.8, 4) is 0 Å². The van der Waals surface area contributed by atoms with Crippen molar-refractivity contribution in [2.75, 3.05) is 0 Å². The fourth-order valence-corrected chi connectivity index (χ4v) is 2.21. The van der Waals surface area contributed by atoms with E-state index in [0.717, 1.165) is 10.0 Å². The van der Waals surface area contributed by atoms with Crippen molar-refractivity contribution in [3.63, 3.8) is 0 Å². The monoisotopic (exact) mass is 371 g/mol. The molecule has 116 valence electrons. The lowest BCUT2D eigenvalue weighted by Crippen LogP contribution is -2.27. The predicted octanol–water partition coefficient (Wildman–Crippen LogP) is 3.86. The Morgan fingerprint density at radius 3 is 2.43 bits per heavy atom. The molecule has 23 heavy (non-hydrogen) atoms. The molecule has 4 nitrogen and oxygen atoms in total. The molecule has 2 N–H and O–H groups in total. The number of carbonyl (C=O) groups is 2. The fraction of sp³-hybridized carbons (Fsp3) is 0. The van der Waals surface area contributed by atoms with E-state index < -0.39 is 11.9 Å². The standard InChI is InChI=1S/C18H14BrNO3/c19-15-10-5-9-14(12-15)17(21)20-16(18(22)23)11-4-8-13-6-2-1-3-7-13/h1-12H,(H,20,21)(H,22,23). The van der Waals surface area contributed by atoms with Crippen molar-refractivity contribution in [1.29, 1.82) is 0 Å². The van der Waals surface area contributed by atoms with Crippen LogP contribution in [0.2, 0.25) is 0 Å². The maximum Gasteiger partial charge on any atom is 0.352 e. The minimum Gasteiger partial charge on any atom is -0.477 e. The van der Waals surface area contributed by atoms with E-state index in [-0.39, 0.29) is 5.70 Å². The number of allylic oxidation sites excluding steroid dienone is 2. The van der Waals surface area contributed by atoms with E-state index >= 15 is 0 Å². The first-order valence-corrected chi connectivity index (χ1v) is 7.59. The zero-order chi connectivity index (χ0) is 16.7. The highest BCUT2D eigenvalue weighted by atomic mass is 79.9. The van der Waals surface area contributed by atoms with Crippen LogP contribution >= 0.6 is 15.9 Å². The molecule has 1 amide bonds. The van der Waals surface area contributed by atoms with Gasteiger partial charge in [-0.15, -0.1) is 0 Å². The third kappa shape index (κ3) is 5.23. The van der Waals surface area contributed by atoms with E-state index in [0.29, 0.717) is 5.56 Å². The van der Waals surface area contributed by atoms with Gasteiger partial charge in [0.1, 0.15) is 5.70 Å². The third-order valence-electron chi connectivity index (χ3n) is 2.92. The molecule has 0 aliphatic heterocycles. The highest BCUT2D eigenvalue weighted by Gasteiger charge is 2.12. The zero-order valence-corrected chi connectivity index (χ0v) is 13.7. The molecule has 0 heterocycles. The largest absolute Gasteiger partial charge is 0.477 e. The molecular weight excluding hydrogens is 358 g/mol. The van der Waals surface area contributed by atoms with Gasteiger partial charge in [-0.3, -0.25) is 4.79 Å². The molecule has 0 bridgehead atoms. The Morgan fingerprint density at radius 2 is 1.78 bits per heavy atom. The van der Waals surface area contributed by atoms with Gasteiger partial charge in [0.15, 0.2) is 0 Å². The van der Waals surface area contributed by atoms with Gasteiger partial charge in [-0.1, -0.05) is 64.5 Å². The molecule has 5 heteroatoms. The maximum absolute atomic E-state index is 12.1. The summed E-state index contributed by atoms with van der Waals surface area (Å²) in [4.78, 5) is 23.3. The first-order valence-electron chi connectivity index (χ1n) is 6.80. The normalized spacial score (nSPS) is 11.4. The number of benzene rings is 2. The first kappa shape index (κ1) is 16.7. The molecule has 0 unspecified atom stereocenters. The van der Waals surface area contributed by atoms with E-state index in [9.17, 15) is 14.7 Å². The number of rotatable bonds is 5. The number of nitrogens with one attached hydrogen (secondary N) is 1. The van der Waals surface area contributed by atoms with Crippen molar-refractivity contribution in [2.45, 2.75) is 0 Å². The third-order valence-corrected chi connectivity index (χ3v) is 3.41. The molecule has 0 spiro atoms. The van der Waals surface area contributed by atoms with E-state index in [1.165, 1.54) is 6.08 Å². The van der Waals surface area contributed by atoms with Crippen LogP contribution in [-0.2, 0) is 4.79 Å². The van der Waals surface area contributed by atoms with Crippen molar-refractivity contribution in [2.24, 2.45) is 0 Å². The van der Waals surface area contributed by atoms with Gasteiger partial charge >= 0.3 is 5.97 Å². The number of carbonyl (C=O) groups excluding carboxylic acids is 1. The molecule has 2 aromatic rings. The predicted molar refractivity (Wildman–Crippen MR) is 92.8 cm³/mol. The summed E-state index contributed by atoms with van der Waals surface area (Å²) in [7, 11) is 0. The lowest BCUT2D eigenvalue weighted by atomic mass is 10.2. The van der Waals surface area contributed by atoms with Gasteiger partial charge < -0.3 is 10.4 Å². The lowest BCUT2D eigenvalue weighted by molar-refractivity contribution is -0.133. The van der Waals surface area contributed by atoms with Crippen LogP contribution in [0.3, 0.4) is 0 Å². The summed E-state index contributed by atoms with van der Waals surface area (Å²) in [5.74, 6) is -1.68. The summed E-state index contributed by atoms with van der Waals surface area (Å²) >= 11 is 3.27. The molecule has 0 radical (unpaired) electrons. The van der Waals surface area contributed by atoms with Crippen LogP contribution in [0.4, 0.5) is 0 Å². The van der Waals surface area contributed by atoms with Crippen LogP contribution in [0, 0.1) is 0 Å². The molecule has 0 aromatic heterocycles. The fourth-order valence-electron chi connectivity index (χ4n) is 1.81. The number of halogens is 1. The topological polar surface area (TPSA) is 66.4 Å². The Bertz CT molecular complexity index is 767. The summed E-state index contributed by atoms with van der Waals surface area (Å²) in [6.45, 7) is 0. The van der Waals surface area contributed by atoms with Gasteiger partial charge in [-0.05, 0) is 29.8 Å². The van der Waals surface area contributed by atoms with E-state index in [1.54, 1.807) is 36.4 Å². The SMILES string of the molecule is O=C(O)C(=CC=Cc1ccccc1)NC(=O)c1cccc(Br)c1. The van der Waals surface area contributed by atoms with Crippen LogP contribution in [-0.4, -0.2) is 17.0 Å². The Balaban J connectivity index is 2.12. The van der Waals surface area contributed by atoms with Crippen LogP contribution < -0.4 is 5.32 Å². The Hall–Kier alpha value is -2.66. The summed E-state index contributed by atoms with van der Waals surface area (Å²) in [6, 6.07) is 16.2. The van der Waals surface area contributed by atoms with Crippen molar-refractivity contribution < 1.29 is 14.7 Å². The molecular formula is C18H14BrNO3. The Labute approximate surface area is 142 Å². The maximum atomic E-state index is 12.1. The number of carboxylic acids is 1. The minimum atomic E-state index is -1.20. The number of hydrogen-bond donors (Lipinski definition) is 2. The summed E-state index contributed by atoms with van der Waals surface area (Å²) in [5, 5.41) is 11.6. The number of amides is 1. The van der Waals surface area contributed by atoms with E-state index in [1.807, 2.05) is 30.3 Å². The van der Waals surface area contributed by atoms with E-state index in [4.69, 9.17) is 0 Å². The van der Waals surface area contributed by atoms with Gasteiger partial charge in [-0.25, -0.2) is 4.79 Å². The van der Waals surface area contributed by atoms with Crippen molar-refractivity contribution in [1.82, 2.24) is 5.32 Å². The highest BCUT2D eigenvalue weighted by Crippen LogP contribution is 2.12. The number of hydrogen-bond acceptors (Lipinski definition) is 2. The molecule has 0 aliphatic rings. The molecule has 0 saturated carbocycles. The van der Waals surface area contributed by atoms with Crippen LogP contribution in [0.25, 0.3) is 6.08 Å². The Morgan fingerprint density at radius 1 is 1.04 bits per heavy atom. The zero-order valence-electron chi connectivity index (χ0n) is 12.1. The van der Waals surface area contributed by atoms with E-state index in [2.05, 4.69) is 21.2 Å². The summed E-state index contributed by atoms with van der Waals surface area (Å²) in [6.07, 6.45) is 4.69. The van der Waals surface area contributed by atoms with Gasteiger partial charge in [0.05, 0.1) is 0 Å². The van der Waals surface area contributed by atoms with Crippen LogP contribution in [0.1, 0.15) is 15.9 Å². The average molecular weight is 372 g/mol. The smallest absolute Gasteiger partial charge is 0.352 e. The Kier molecular flexibility index (Phi) is 5.88. The quantitative estimate of drug-likeness (QED) is 0.619. The molecule has 0 fully saturated rings. The second kappa shape index (κ2) is 8.10. The van der Waals surface area contributed by atoms with Gasteiger partial charge in [0, 0.05) is 10.0 Å².